The van der Waals surface area contributed by atoms with E-state index in [1.807, 2.05) is 12.1 Å². The number of aromatic amines is 1. The van der Waals surface area contributed by atoms with Crippen molar-refractivity contribution in [1.82, 2.24) is 15.0 Å². The van der Waals surface area contributed by atoms with Crippen LogP contribution in [0.25, 0.3) is 11.4 Å². The summed E-state index contributed by atoms with van der Waals surface area (Å²) >= 11 is 0. The summed E-state index contributed by atoms with van der Waals surface area (Å²) in [4.78, 5) is 23.8. The van der Waals surface area contributed by atoms with Crippen molar-refractivity contribution in [2.75, 3.05) is 6.61 Å². The van der Waals surface area contributed by atoms with E-state index in [0.717, 1.165) is 24.0 Å². The van der Waals surface area contributed by atoms with Gasteiger partial charge < -0.3 is 9.72 Å². The molecule has 140 valence electrons. The Hall–Kier alpha value is -3.02. The van der Waals surface area contributed by atoms with Crippen molar-refractivity contribution in [3.8, 4) is 17.1 Å². The van der Waals surface area contributed by atoms with Crippen molar-refractivity contribution < 1.29 is 9.13 Å². The number of hydrogen-bond acceptors (Lipinski definition) is 4. The smallest absolute Gasteiger partial charge is 0.315 e. The van der Waals surface area contributed by atoms with E-state index in [1.165, 1.54) is 12.1 Å². The number of nitrogens with one attached hydrogen (secondary N) is 1. The minimum absolute atomic E-state index is 0.202. The maximum absolute atomic E-state index is 13.0. The molecule has 0 unspecified atom stereocenters. The number of unbranched alkanes of at least 4 members (excludes halogenated alkanes) is 1. The van der Waals surface area contributed by atoms with Crippen molar-refractivity contribution in [1.29, 1.82) is 0 Å². The molecule has 0 aliphatic heterocycles. The first kappa shape index (κ1) is 18.8. The maximum atomic E-state index is 13.0. The van der Waals surface area contributed by atoms with Gasteiger partial charge in [0.1, 0.15) is 17.3 Å². The molecule has 0 radical (unpaired) electrons. The molecule has 0 aliphatic rings. The first-order valence-electron chi connectivity index (χ1n) is 9.00. The van der Waals surface area contributed by atoms with Gasteiger partial charge in [-0.1, -0.05) is 31.5 Å². The highest BCUT2D eigenvalue weighted by Gasteiger charge is 2.14. The molecule has 3 rings (SSSR count). The topological polar surface area (TPSA) is 67.9 Å². The third-order valence-corrected chi connectivity index (χ3v) is 4.14. The maximum Gasteiger partial charge on any atom is 0.315 e. The van der Waals surface area contributed by atoms with Gasteiger partial charge in [-0.25, -0.2) is 4.39 Å². The number of benzene rings is 1. The number of halogens is 1. The van der Waals surface area contributed by atoms with Crippen molar-refractivity contribution >= 4 is 0 Å². The summed E-state index contributed by atoms with van der Waals surface area (Å²) in [5, 5.41) is 0. The lowest BCUT2D eigenvalue weighted by Gasteiger charge is -2.11. The molecule has 2 aromatic heterocycles. The normalized spacial score (nSPS) is 10.8. The molecule has 0 saturated carbocycles. The molecule has 0 saturated heterocycles. The Balaban J connectivity index is 1.85. The molecule has 27 heavy (non-hydrogen) atoms. The number of rotatable bonds is 7. The zero-order valence-corrected chi connectivity index (χ0v) is 15.5. The van der Waals surface area contributed by atoms with E-state index in [2.05, 4.69) is 21.9 Å². The number of ether oxygens (including phenoxy) is 1. The highest BCUT2D eigenvalue weighted by molar-refractivity contribution is 5.61. The van der Waals surface area contributed by atoms with Gasteiger partial charge in [0.05, 0.1) is 12.3 Å². The fourth-order valence-electron chi connectivity index (χ4n) is 2.72. The SMILES string of the molecule is CCCCOc1c(-c2ccc(Cc3ccc(F)cc3)cn2)[nH]c(C)nc1=O. The Morgan fingerprint density at radius 2 is 1.85 bits per heavy atom. The largest absolute Gasteiger partial charge is 0.486 e. The fourth-order valence-corrected chi connectivity index (χ4v) is 2.72. The highest BCUT2D eigenvalue weighted by Crippen LogP contribution is 2.23. The summed E-state index contributed by atoms with van der Waals surface area (Å²) in [6.45, 7) is 4.24. The lowest BCUT2D eigenvalue weighted by molar-refractivity contribution is 0.305. The lowest BCUT2D eigenvalue weighted by Crippen LogP contribution is -2.16. The average molecular weight is 367 g/mol. The van der Waals surface area contributed by atoms with Gasteiger partial charge in [-0.15, -0.1) is 0 Å². The number of H-pyrrole nitrogens is 1. The molecule has 5 nitrogen and oxygen atoms in total. The van der Waals surface area contributed by atoms with Crippen LogP contribution >= 0.6 is 0 Å². The summed E-state index contributed by atoms with van der Waals surface area (Å²) in [6, 6.07) is 10.2. The second-order valence-corrected chi connectivity index (χ2v) is 6.39. The summed E-state index contributed by atoms with van der Waals surface area (Å²) in [7, 11) is 0. The number of aryl methyl sites for hydroxylation is 1. The van der Waals surface area contributed by atoms with E-state index in [4.69, 9.17) is 4.74 Å². The van der Waals surface area contributed by atoms with Crippen LogP contribution in [0.5, 0.6) is 5.75 Å². The van der Waals surface area contributed by atoms with Gasteiger partial charge in [0.25, 0.3) is 0 Å². The Morgan fingerprint density at radius 3 is 2.52 bits per heavy atom. The second-order valence-electron chi connectivity index (χ2n) is 6.39. The van der Waals surface area contributed by atoms with Crippen molar-refractivity contribution in [2.24, 2.45) is 0 Å². The molecule has 1 aromatic carbocycles. The fraction of sp³-hybridized carbons (Fsp3) is 0.286. The quantitative estimate of drug-likeness (QED) is 0.640. The molecular weight excluding hydrogens is 345 g/mol. The van der Waals surface area contributed by atoms with Gasteiger partial charge >= 0.3 is 5.56 Å². The number of nitrogens with zero attached hydrogens (tertiary/aromatic N) is 2. The predicted octanol–water partition coefficient (Wildman–Crippen LogP) is 4.05. The monoisotopic (exact) mass is 367 g/mol. The van der Waals surface area contributed by atoms with Gasteiger partial charge in [-0.2, -0.15) is 4.98 Å². The van der Waals surface area contributed by atoms with Crippen LogP contribution < -0.4 is 10.3 Å². The zero-order chi connectivity index (χ0) is 19.2. The summed E-state index contributed by atoms with van der Waals surface area (Å²) in [5.41, 5.74) is 2.76. The summed E-state index contributed by atoms with van der Waals surface area (Å²) in [6.07, 6.45) is 4.24. The molecular formula is C21H22FN3O2. The highest BCUT2D eigenvalue weighted by atomic mass is 19.1. The first-order valence-corrected chi connectivity index (χ1v) is 9.00. The van der Waals surface area contributed by atoms with E-state index in [0.29, 0.717) is 30.2 Å². The van der Waals surface area contributed by atoms with Gasteiger partial charge in [-0.3, -0.25) is 9.78 Å². The summed E-state index contributed by atoms with van der Waals surface area (Å²) < 4.78 is 18.7. The third kappa shape index (κ3) is 4.78. The molecule has 2 heterocycles. The average Bonchev–Trinajstić information content (AvgIpc) is 2.66. The van der Waals surface area contributed by atoms with Crippen molar-refractivity contribution in [2.45, 2.75) is 33.1 Å². The van der Waals surface area contributed by atoms with E-state index in [1.54, 1.807) is 25.3 Å². The minimum Gasteiger partial charge on any atom is -0.486 e. The number of hydrogen-bond donors (Lipinski definition) is 1. The zero-order valence-electron chi connectivity index (χ0n) is 15.5. The molecule has 0 fully saturated rings. The Kier molecular flexibility index (Phi) is 5.96. The van der Waals surface area contributed by atoms with Crippen LogP contribution in [-0.2, 0) is 6.42 Å². The van der Waals surface area contributed by atoms with Gasteiger partial charge in [0, 0.05) is 6.20 Å². The van der Waals surface area contributed by atoms with Crippen LogP contribution in [0.4, 0.5) is 4.39 Å². The second kappa shape index (κ2) is 8.58. The third-order valence-electron chi connectivity index (χ3n) is 4.14. The van der Waals surface area contributed by atoms with Crippen LogP contribution in [0, 0.1) is 12.7 Å². The summed E-state index contributed by atoms with van der Waals surface area (Å²) in [5.74, 6) is 0.461. The van der Waals surface area contributed by atoms with E-state index < -0.39 is 5.56 Å². The van der Waals surface area contributed by atoms with Crippen LogP contribution in [0.15, 0.2) is 47.4 Å². The Labute approximate surface area is 157 Å². The molecule has 0 atom stereocenters. The molecule has 0 bridgehead atoms. The van der Waals surface area contributed by atoms with Crippen molar-refractivity contribution in [3.05, 3.63) is 75.7 Å². The van der Waals surface area contributed by atoms with E-state index >= 15 is 0 Å². The molecule has 6 heteroatoms. The van der Waals surface area contributed by atoms with Gasteiger partial charge in [0.2, 0.25) is 5.75 Å². The standard InChI is InChI=1S/C21H22FN3O2/c1-3-4-11-27-20-19(24-14(2)25-21(20)26)18-10-7-16(13-23-18)12-15-5-8-17(22)9-6-15/h5-10,13H,3-4,11-12H2,1-2H3,(H,24,25,26). The molecule has 0 amide bonds. The van der Waals surface area contributed by atoms with E-state index in [9.17, 15) is 9.18 Å². The first-order chi connectivity index (χ1) is 13.1. The van der Waals surface area contributed by atoms with Crippen molar-refractivity contribution in [3.63, 3.8) is 0 Å². The molecule has 0 aliphatic carbocycles. The minimum atomic E-state index is -0.394. The molecule has 3 aromatic rings. The predicted molar refractivity (Wildman–Crippen MR) is 102 cm³/mol. The van der Waals surface area contributed by atoms with Crippen LogP contribution in [-0.4, -0.2) is 21.6 Å². The Bertz CT molecular complexity index is 951. The van der Waals surface area contributed by atoms with Crippen LogP contribution in [0.2, 0.25) is 0 Å². The Morgan fingerprint density at radius 1 is 1.11 bits per heavy atom. The lowest BCUT2D eigenvalue weighted by atomic mass is 10.1. The molecule has 0 spiro atoms. The number of pyridine rings is 1. The number of aromatic nitrogens is 3. The molecule has 1 N–H and O–H groups in total. The van der Waals surface area contributed by atoms with Crippen LogP contribution in [0.1, 0.15) is 36.7 Å². The van der Waals surface area contributed by atoms with Gasteiger partial charge in [0.15, 0.2) is 0 Å². The van der Waals surface area contributed by atoms with Crippen LogP contribution in [0.3, 0.4) is 0 Å². The van der Waals surface area contributed by atoms with Gasteiger partial charge in [-0.05, 0) is 49.1 Å². The van der Waals surface area contributed by atoms with E-state index in [-0.39, 0.29) is 11.6 Å².